The van der Waals surface area contributed by atoms with E-state index < -0.39 is 0 Å². The van der Waals surface area contributed by atoms with Crippen LogP contribution >= 0.6 is 11.8 Å². The van der Waals surface area contributed by atoms with E-state index >= 15 is 0 Å². The van der Waals surface area contributed by atoms with Crippen molar-refractivity contribution in [2.24, 2.45) is 0 Å². The SMILES string of the molecule is CC(C)(C)c1ccc(-c2cccc(-c3ccc(C(C)(C)C)cc3)c2N2c3cc4c(cc3B3c5ccccc5Oc5cc(N(c6ccccc6)c6ccccc6)cc2c53)B2c3ccccc3N(c3ccccc3)c3cc(N(c5ccc(-c6ccccc6)cc5)c5ccccc5-c5ccccc5)cc(c32)S4)cc1. The molecule has 0 spiro atoms. The van der Waals surface area contributed by atoms with Crippen molar-refractivity contribution in [3.63, 3.8) is 0 Å². The lowest BCUT2D eigenvalue weighted by Gasteiger charge is -2.44. The van der Waals surface area contributed by atoms with E-state index in [2.05, 4.69) is 413 Å². The summed E-state index contributed by atoms with van der Waals surface area (Å²) in [6, 6.07) is 131. The normalized spacial score (nSPS) is 13.0. The number of benzene rings is 15. The highest BCUT2D eigenvalue weighted by Gasteiger charge is 2.48. The first-order valence-electron chi connectivity index (χ1n) is 36.9. The molecule has 4 aliphatic heterocycles. The molecule has 0 saturated heterocycles. The summed E-state index contributed by atoms with van der Waals surface area (Å²) in [7, 11) is 0. The Kier molecular flexibility index (Phi) is 15.8. The van der Waals surface area contributed by atoms with Crippen LogP contribution in [0.5, 0.6) is 11.5 Å². The molecule has 0 atom stereocenters. The largest absolute Gasteiger partial charge is 0.458 e. The van der Waals surface area contributed by atoms with Gasteiger partial charge in [-0.1, -0.05) is 314 Å². The van der Waals surface area contributed by atoms with Crippen LogP contribution < -0.4 is 57.1 Å². The number of anilines is 12. The number of ether oxygens (including phenoxy) is 1. The van der Waals surface area contributed by atoms with E-state index in [0.29, 0.717) is 0 Å². The van der Waals surface area contributed by atoms with Gasteiger partial charge in [-0.15, -0.1) is 0 Å². The van der Waals surface area contributed by atoms with Crippen LogP contribution in [0.1, 0.15) is 52.7 Å². The molecule has 19 rings (SSSR count). The summed E-state index contributed by atoms with van der Waals surface area (Å²) >= 11 is 1.91. The summed E-state index contributed by atoms with van der Waals surface area (Å²) in [5, 5.41) is 0. The fraction of sp³-hybridized carbons (Fsp3) is 0.0816. The second-order valence-corrected chi connectivity index (χ2v) is 31.5. The van der Waals surface area contributed by atoms with Gasteiger partial charge in [0.2, 0.25) is 6.71 Å². The fourth-order valence-corrected chi connectivity index (χ4v) is 18.0. The second kappa shape index (κ2) is 25.9. The van der Waals surface area contributed by atoms with E-state index in [-0.39, 0.29) is 24.3 Å². The van der Waals surface area contributed by atoms with Crippen molar-refractivity contribution in [3.05, 3.63) is 363 Å². The topological polar surface area (TPSA) is 22.2 Å². The van der Waals surface area contributed by atoms with Gasteiger partial charge in [0.25, 0.3) is 6.71 Å². The van der Waals surface area contributed by atoms with Crippen LogP contribution in [0.25, 0.3) is 44.5 Å². The Morgan fingerprint density at radius 1 is 0.292 bits per heavy atom. The van der Waals surface area contributed by atoms with Crippen molar-refractivity contribution in [3.8, 4) is 56.0 Å². The van der Waals surface area contributed by atoms with Crippen molar-refractivity contribution in [1.29, 1.82) is 0 Å². The van der Waals surface area contributed by atoms with Crippen molar-refractivity contribution >= 4 is 126 Å². The van der Waals surface area contributed by atoms with Crippen LogP contribution in [-0.2, 0) is 10.8 Å². The maximum Gasteiger partial charge on any atom is 0.256 e. The monoisotopic (exact) mass is 1380 g/mol. The average molecular weight is 1380 g/mol. The lowest BCUT2D eigenvalue weighted by molar-refractivity contribution is 0.487. The molecule has 0 aromatic heterocycles. The summed E-state index contributed by atoms with van der Waals surface area (Å²) in [6.45, 7) is 13.4. The van der Waals surface area contributed by atoms with E-state index in [0.717, 1.165) is 130 Å². The van der Waals surface area contributed by atoms with Gasteiger partial charge in [0.1, 0.15) is 11.5 Å². The number of hydrogen-bond donors (Lipinski definition) is 0. The maximum absolute atomic E-state index is 7.52. The number of fused-ring (bicyclic) bond motifs is 8. The van der Waals surface area contributed by atoms with Crippen LogP contribution in [0.15, 0.2) is 362 Å². The number of nitrogens with zero attached hydrogens (tertiary/aromatic N) is 4. The Balaban J connectivity index is 0.907. The van der Waals surface area contributed by atoms with E-state index in [1.807, 2.05) is 11.8 Å². The standard InChI is InChI=1S/C98H76B2N4OS/c1-97(2,3)70-53-47-68(48-54-70)79-40-28-41-80(69-49-55-71(56-50-69)98(4,5)6)96(79)104-87-64-92-84(63-83(87)100-82-43-24-27-46-90(82)105-91-61-76(59-88(104)94(91)100)101(72-33-16-9-17-34-72)73-35-18-10-19-36-73)99-81-42-23-26-45-86(81)103(74-37-20-11-21-38-74)89-60-77(62-93(106-92)95(89)99)102(75-57-51-66(52-58-75)65-29-12-7-13-30-65)85-44-25-22-39-78(85)67-31-14-8-15-32-67/h7-64H,1-6H3. The van der Waals surface area contributed by atoms with Crippen LogP contribution in [0, 0.1) is 0 Å². The third-order valence-corrected chi connectivity index (χ3v) is 23.0. The van der Waals surface area contributed by atoms with Gasteiger partial charge >= 0.3 is 0 Å². The van der Waals surface area contributed by atoms with Crippen molar-refractivity contribution in [2.45, 2.75) is 62.2 Å². The Bertz CT molecular complexity index is 5750. The number of hydrogen-bond acceptors (Lipinski definition) is 6. The molecule has 0 amide bonds. The zero-order valence-electron chi connectivity index (χ0n) is 60.2. The molecule has 506 valence electrons. The summed E-state index contributed by atoms with van der Waals surface area (Å²) < 4.78 is 7.52. The first-order valence-corrected chi connectivity index (χ1v) is 37.8. The minimum atomic E-state index is -0.227. The Hall–Kier alpha value is -12.2. The third kappa shape index (κ3) is 11.1. The van der Waals surface area contributed by atoms with E-state index in [1.54, 1.807) is 0 Å². The van der Waals surface area contributed by atoms with Gasteiger partial charge in [-0.25, -0.2) is 0 Å². The van der Waals surface area contributed by atoms with Crippen molar-refractivity contribution < 1.29 is 4.74 Å². The lowest BCUT2D eigenvalue weighted by Crippen LogP contribution is -2.63. The molecular weight excluding hydrogens is 1300 g/mol. The predicted octanol–water partition coefficient (Wildman–Crippen LogP) is 23.1. The molecule has 0 unspecified atom stereocenters. The van der Waals surface area contributed by atoms with Gasteiger partial charge in [-0.3, -0.25) is 0 Å². The summed E-state index contributed by atoms with van der Waals surface area (Å²) in [5.41, 5.74) is 31.9. The van der Waals surface area contributed by atoms with Gasteiger partial charge in [-0.2, -0.15) is 0 Å². The predicted molar refractivity (Wildman–Crippen MR) is 451 cm³/mol. The minimum Gasteiger partial charge on any atom is -0.458 e. The highest BCUT2D eigenvalue weighted by atomic mass is 32.2. The number of para-hydroxylation sites is 7. The van der Waals surface area contributed by atoms with E-state index in [1.165, 1.54) is 48.3 Å². The van der Waals surface area contributed by atoms with Crippen LogP contribution in [0.2, 0.25) is 0 Å². The highest BCUT2D eigenvalue weighted by Crippen LogP contribution is 2.54. The van der Waals surface area contributed by atoms with Gasteiger partial charge < -0.3 is 24.3 Å². The second-order valence-electron chi connectivity index (χ2n) is 30.4. The Morgan fingerprint density at radius 3 is 1.39 bits per heavy atom. The Labute approximate surface area is 627 Å². The number of rotatable bonds is 12. The van der Waals surface area contributed by atoms with Gasteiger partial charge in [0.15, 0.2) is 0 Å². The molecule has 106 heavy (non-hydrogen) atoms. The molecule has 4 heterocycles. The molecule has 4 aliphatic rings. The molecule has 0 fully saturated rings. The lowest BCUT2D eigenvalue weighted by atomic mass is 9.31. The zero-order valence-corrected chi connectivity index (χ0v) is 61.1. The van der Waals surface area contributed by atoms with E-state index in [4.69, 9.17) is 4.74 Å². The zero-order chi connectivity index (χ0) is 71.4. The molecule has 15 aromatic rings. The molecule has 8 heteroatoms. The fourth-order valence-electron chi connectivity index (χ4n) is 16.8. The highest BCUT2D eigenvalue weighted by molar-refractivity contribution is 8.00. The molecular formula is C98H76B2N4OS. The van der Waals surface area contributed by atoms with E-state index in [9.17, 15) is 0 Å². The molecule has 0 bridgehead atoms. The van der Waals surface area contributed by atoms with Crippen molar-refractivity contribution in [2.75, 3.05) is 19.6 Å². The Morgan fingerprint density at radius 2 is 0.764 bits per heavy atom. The minimum absolute atomic E-state index is 0.0489. The summed E-state index contributed by atoms with van der Waals surface area (Å²) in [4.78, 5) is 12.5. The molecule has 0 saturated carbocycles. The molecule has 5 nitrogen and oxygen atoms in total. The average Bonchev–Trinajstić information content (AvgIpc) is 0.690. The van der Waals surface area contributed by atoms with Crippen LogP contribution in [-0.4, -0.2) is 13.4 Å². The van der Waals surface area contributed by atoms with Crippen LogP contribution in [0.4, 0.5) is 68.2 Å². The maximum atomic E-state index is 7.52. The smallest absolute Gasteiger partial charge is 0.256 e. The first kappa shape index (κ1) is 64.6. The third-order valence-electron chi connectivity index (χ3n) is 21.9. The first-order chi connectivity index (χ1) is 51.9. The molecule has 15 aromatic carbocycles. The summed E-state index contributed by atoms with van der Waals surface area (Å²) in [6.07, 6.45) is 0. The van der Waals surface area contributed by atoms with Gasteiger partial charge in [0, 0.05) is 83.7 Å². The molecule has 0 N–H and O–H groups in total. The quantitative estimate of drug-likeness (QED) is 0.113. The van der Waals surface area contributed by atoms with Gasteiger partial charge in [0.05, 0.1) is 17.1 Å². The molecule has 0 radical (unpaired) electrons. The summed E-state index contributed by atoms with van der Waals surface area (Å²) in [5.74, 6) is 1.68. The van der Waals surface area contributed by atoms with Crippen molar-refractivity contribution in [1.82, 2.24) is 0 Å². The molecule has 0 aliphatic carbocycles. The van der Waals surface area contributed by atoms with Gasteiger partial charge in [-0.05, 0) is 168 Å². The van der Waals surface area contributed by atoms with Crippen LogP contribution in [0.3, 0.4) is 0 Å².